The minimum absolute atomic E-state index is 0.0172. The molecule has 130 valence electrons. The largest absolute Gasteiger partial charge is 0.299 e. The Bertz CT molecular complexity index is 827. The van der Waals surface area contributed by atoms with Gasteiger partial charge in [-0.3, -0.25) is 4.90 Å². The monoisotopic (exact) mass is 389 g/mol. The molecule has 0 saturated carbocycles. The van der Waals surface area contributed by atoms with E-state index in [-0.39, 0.29) is 34.1 Å². The second kappa shape index (κ2) is 7.83. The Labute approximate surface area is 151 Å². The molecule has 0 aromatic heterocycles. The van der Waals surface area contributed by atoms with Gasteiger partial charge in [0.1, 0.15) is 5.82 Å². The van der Waals surface area contributed by atoms with Crippen LogP contribution in [0.5, 0.6) is 0 Å². The standard InChI is InChI=1S/C17H18Cl2FNO2S/c1-12(14-5-3-4-6-16(14)20)21(2)9-10-24(22,23)17-11-13(18)7-8-15(17)19/h3-8,11-12H,9-10H2,1-2H3. The lowest BCUT2D eigenvalue weighted by molar-refractivity contribution is 0.270. The second-order valence-corrected chi connectivity index (χ2v) is 8.49. The van der Waals surface area contributed by atoms with Gasteiger partial charge in [-0.25, -0.2) is 12.8 Å². The number of rotatable bonds is 6. The molecule has 0 aliphatic heterocycles. The lowest BCUT2D eigenvalue weighted by Crippen LogP contribution is -2.29. The molecule has 0 aliphatic carbocycles. The van der Waals surface area contributed by atoms with Gasteiger partial charge in [0.2, 0.25) is 0 Å². The summed E-state index contributed by atoms with van der Waals surface area (Å²) in [6.07, 6.45) is 0. The predicted octanol–water partition coefficient (Wildman–Crippen LogP) is 4.60. The summed E-state index contributed by atoms with van der Waals surface area (Å²) in [6.45, 7) is 2.07. The Hall–Kier alpha value is -1.14. The lowest BCUT2D eigenvalue weighted by Gasteiger charge is -2.25. The third-order valence-electron chi connectivity index (χ3n) is 3.96. The molecule has 0 fully saturated rings. The van der Waals surface area contributed by atoms with Crippen molar-refractivity contribution in [3.05, 3.63) is 63.9 Å². The van der Waals surface area contributed by atoms with Crippen molar-refractivity contribution in [2.24, 2.45) is 0 Å². The van der Waals surface area contributed by atoms with Crippen LogP contribution in [0.2, 0.25) is 10.0 Å². The summed E-state index contributed by atoms with van der Waals surface area (Å²) in [6, 6.07) is 10.6. The third-order valence-corrected chi connectivity index (χ3v) is 6.36. The first-order chi connectivity index (χ1) is 11.2. The lowest BCUT2D eigenvalue weighted by atomic mass is 10.1. The molecule has 0 heterocycles. The highest BCUT2D eigenvalue weighted by molar-refractivity contribution is 7.91. The summed E-state index contributed by atoms with van der Waals surface area (Å²) in [5.74, 6) is -0.444. The molecule has 0 radical (unpaired) electrons. The molecular weight excluding hydrogens is 372 g/mol. The Balaban J connectivity index is 2.12. The predicted molar refractivity (Wildman–Crippen MR) is 96.0 cm³/mol. The number of hydrogen-bond donors (Lipinski definition) is 0. The molecule has 24 heavy (non-hydrogen) atoms. The number of nitrogens with zero attached hydrogens (tertiary/aromatic N) is 1. The van der Waals surface area contributed by atoms with E-state index in [2.05, 4.69) is 0 Å². The first-order valence-corrected chi connectivity index (χ1v) is 9.75. The molecule has 0 saturated heterocycles. The molecule has 2 aromatic carbocycles. The Kier molecular flexibility index (Phi) is 6.26. The highest BCUT2D eigenvalue weighted by atomic mass is 35.5. The van der Waals surface area contributed by atoms with Crippen LogP contribution in [-0.4, -0.2) is 32.7 Å². The zero-order chi connectivity index (χ0) is 17.9. The molecule has 2 aromatic rings. The van der Waals surface area contributed by atoms with E-state index >= 15 is 0 Å². The Morgan fingerprint density at radius 3 is 2.50 bits per heavy atom. The van der Waals surface area contributed by atoms with E-state index in [4.69, 9.17) is 23.2 Å². The van der Waals surface area contributed by atoms with Gasteiger partial charge in [0.25, 0.3) is 0 Å². The zero-order valence-corrected chi connectivity index (χ0v) is 15.7. The molecule has 7 heteroatoms. The topological polar surface area (TPSA) is 37.4 Å². The minimum atomic E-state index is -3.59. The average Bonchev–Trinajstić information content (AvgIpc) is 2.54. The SMILES string of the molecule is CC(c1ccccc1F)N(C)CCS(=O)(=O)c1cc(Cl)ccc1Cl. The normalized spacial score (nSPS) is 13.2. The zero-order valence-electron chi connectivity index (χ0n) is 13.3. The third kappa shape index (κ3) is 4.48. The molecular formula is C17H18Cl2FNO2S. The van der Waals surface area contributed by atoms with Gasteiger partial charge in [-0.2, -0.15) is 0 Å². The maximum Gasteiger partial charge on any atom is 0.181 e. The van der Waals surface area contributed by atoms with E-state index in [1.54, 1.807) is 30.1 Å². The maximum atomic E-state index is 13.9. The fourth-order valence-corrected chi connectivity index (χ4v) is 4.46. The van der Waals surface area contributed by atoms with Crippen molar-refractivity contribution in [3.63, 3.8) is 0 Å². The van der Waals surface area contributed by atoms with Crippen molar-refractivity contribution < 1.29 is 12.8 Å². The Morgan fingerprint density at radius 1 is 1.17 bits per heavy atom. The van der Waals surface area contributed by atoms with Crippen LogP contribution in [0.1, 0.15) is 18.5 Å². The quantitative estimate of drug-likeness (QED) is 0.724. The van der Waals surface area contributed by atoms with Gasteiger partial charge in [0.05, 0.1) is 15.7 Å². The van der Waals surface area contributed by atoms with Gasteiger partial charge in [0, 0.05) is 23.2 Å². The van der Waals surface area contributed by atoms with Crippen LogP contribution in [0.25, 0.3) is 0 Å². The summed E-state index contributed by atoms with van der Waals surface area (Å²) in [7, 11) is -1.83. The van der Waals surface area contributed by atoms with Crippen molar-refractivity contribution in [2.45, 2.75) is 17.9 Å². The van der Waals surface area contributed by atoms with Crippen LogP contribution < -0.4 is 0 Å². The summed E-state index contributed by atoms with van der Waals surface area (Å²) >= 11 is 11.8. The van der Waals surface area contributed by atoms with Crippen LogP contribution in [-0.2, 0) is 9.84 Å². The molecule has 2 rings (SSSR count). The van der Waals surface area contributed by atoms with Gasteiger partial charge in [0.15, 0.2) is 9.84 Å². The van der Waals surface area contributed by atoms with Gasteiger partial charge in [-0.05, 0) is 38.2 Å². The first-order valence-electron chi connectivity index (χ1n) is 7.35. The van der Waals surface area contributed by atoms with E-state index in [0.717, 1.165) is 0 Å². The summed E-state index contributed by atoms with van der Waals surface area (Å²) in [4.78, 5) is 1.80. The second-order valence-electron chi connectivity index (χ2n) is 5.57. The van der Waals surface area contributed by atoms with Crippen molar-refractivity contribution in [1.29, 1.82) is 0 Å². The molecule has 1 atom stereocenters. The molecule has 0 aliphatic rings. The van der Waals surface area contributed by atoms with Gasteiger partial charge in [-0.1, -0.05) is 41.4 Å². The highest BCUT2D eigenvalue weighted by Crippen LogP contribution is 2.27. The first kappa shape index (κ1) is 19.2. The van der Waals surface area contributed by atoms with E-state index in [9.17, 15) is 12.8 Å². The number of halogens is 3. The van der Waals surface area contributed by atoms with Gasteiger partial charge >= 0.3 is 0 Å². The van der Waals surface area contributed by atoms with Crippen molar-refractivity contribution >= 4 is 33.0 Å². The van der Waals surface area contributed by atoms with Crippen LogP contribution in [0, 0.1) is 5.82 Å². The van der Waals surface area contributed by atoms with E-state index in [0.29, 0.717) is 10.6 Å². The maximum absolute atomic E-state index is 13.9. The van der Waals surface area contributed by atoms with Crippen LogP contribution in [0.4, 0.5) is 4.39 Å². The Morgan fingerprint density at radius 2 is 1.83 bits per heavy atom. The van der Waals surface area contributed by atoms with Gasteiger partial charge < -0.3 is 0 Å². The van der Waals surface area contributed by atoms with E-state index in [1.165, 1.54) is 24.3 Å². The number of hydrogen-bond acceptors (Lipinski definition) is 3. The molecule has 3 nitrogen and oxygen atoms in total. The molecule has 0 spiro atoms. The van der Waals surface area contributed by atoms with E-state index in [1.807, 2.05) is 6.92 Å². The summed E-state index contributed by atoms with van der Waals surface area (Å²) in [5.41, 5.74) is 0.526. The van der Waals surface area contributed by atoms with Crippen molar-refractivity contribution in [1.82, 2.24) is 4.90 Å². The summed E-state index contributed by atoms with van der Waals surface area (Å²) < 4.78 is 38.8. The van der Waals surface area contributed by atoms with Gasteiger partial charge in [-0.15, -0.1) is 0 Å². The average molecular weight is 390 g/mol. The fraction of sp³-hybridized carbons (Fsp3) is 0.294. The molecule has 0 N–H and O–H groups in total. The van der Waals surface area contributed by atoms with Crippen LogP contribution in [0.15, 0.2) is 47.4 Å². The molecule has 1 unspecified atom stereocenters. The fourth-order valence-electron chi connectivity index (χ4n) is 2.33. The van der Waals surface area contributed by atoms with Crippen molar-refractivity contribution in [2.75, 3.05) is 19.3 Å². The van der Waals surface area contributed by atoms with Crippen LogP contribution >= 0.6 is 23.2 Å². The highest BCUT2D eigenvalue weighted by Gasteiger charge is 2.22. The molecule has 0 bridgehead atoms. The van der Waals surface area contributed by atoms with E-state index < -0.39 is 9.84 Å². The van der Waals surface area contributed by atoms with Crippen molar-refractivity contribution in [3.8, 4) is 0 Å². The number of sulfone groups is 1. The van der Waals surface area contributed by atoms with Crippen LogP contribution in [0.3, 0.4) is 0 Å². The molecule has 0 amide bonds. The number of benzene rings is 2. The summed E-state index contributed by atoms with van der Waals surface area (Å²) in [5, 5.41) is 0.454. The minimum Gasteiger partial charge on any atom is -0.299 e. The smallest absolute Gasteiger partial charge is 0.181 e.